The number of rotatable bonds is 6. The lowest BCUT2D eigenvalue weighted by atomic mass is 10.0. The van der Waals surface area contributed by atoms with Gasteiger partial charge in [0, 0.05) is 7.11 Å². The first kappa shape index (κ1) is 13.8. The lowest BCUT2D eigenvalue weighted by molar-refractivity contribution is -0.124. The van der Waals surface area contributed by atoms with Crippen LogP contribution in [0.2, 0.25) is 0 Å². The molecule has 3 N–H and O–H groups in total. The van der Waals surface area contributed by atoms with E-state index in [1.54, 1.807) is 7.11 Å². The molecule has 0 spiro atoms. The van der Waals surface area contributed by atoms with E-state index in [9.17, 15) is 4.79 Å². The summed E-state index contributed by atoms with van der Waals surface area (Å²) in [5.41, 5.74) is 6.56. The molecule has 1 unspecified atom stereocenters. The SMILES string of the molecule is COCC(N)C(=O)NC1(c2ccc(OC)cc2)CC1. The van der Waals surface area contributed by atoms with Gasteiger partial charge in [0.15, 0.2) is 0 Å². The van der Waals surface area contributed by atoms with Gasteiger partial charge in [0.05, 0.1) is 19.3 Å². The second-order valence-corrected chi connectivity index (χ2v) is 4.86. The van der Waals surface area contributed by atoms with E-state index >= 15 is 0 Å². The molecule has 1 aromatic rings. The minimum Gasteiger partial charge on any atom is -0.497 e. The normalized spacial score (nSPS) is 17.6. The van der Waals surface area contributed by atoms with Crippen LogP contribution in [0.15, 0.2) is 24.3 Å². The number of hydrogen-bond donors (Lipinski definition) is 2. The Labute approximate surface area is 113 Å². The summed E-state index contributed by atoms with van der Waals surface area (Å²) in [6.07, 6.45) is 1.87. The Morgan fingerprint density at radius 1 is 1.37 bits per heavy atom. The molecule has 0 radical (unpaired) electrons. The molecule has 2 rings (SSSR count). The van der Waals surface area contributed by atoms with E-state index in [2.05, 4.69) is 5.32 Å². The molecule has 5 nitrogen and oxygen atoms in total. The Morgan fingerprint density at radius 2 is 2.00 bits per heavy atom. The average Bonchev–Trinajstić information content (AvgIpc) is 3.20. The summed E-state index contributed by atoms with van der Waals surface area (Å²) in [5.74, 6) is 0.636. The van der Waals surface area contributed by atoms with Gasteiger partial charge in [-0.15, -0.1) is 0 Å². The zero-order valence-corrected chi connectivity index (χ0v) is 11.3. The Morgan fingerprint density at radius 3 is 2.47 bits per heavy atom. The van der Waals surface area contributed by atoms with Crippen molar-refractivity contribution in [3.05, 3.63) is 29.8 Å². The van der Waals surface area contributed by atoms with Crippen LogP contribution < -0.4 is 15.8 Å². The molecule has 1 aromatic carbocycles. The minimum absolute atomic E-state index is 0.171. The summed E-state index contributed by atoms with van der Waals surface area (Å²) in [4.78, 5) is 11.9. The number of amides is 1. The van der Waals surface area contributed by atoms with Crippen molar-refractivity contribution in [2.45, 2.75) is 24.4 Å². The summed E-state index contributed by atoms with van der Waals surface area (Å²) in [6.45, 7) is 0.227. The number of nitrogens with one attached hydrogen (secondary N) is 1. The van der Waals surface area contributed by atoms with E-state index in [1.165, 1.54) is 7.11 Å². The van der Waals surface area contributed by atoms with Crippen LogP contribution in [0.5, 0.6) is 5.75 Å². The molecule has 1 fully saturated rings. The van der Waals surface area contributed by atoms with Crippen molar-refractivity contribution in [3.8, 4) is 5.75 Å². The van der Waals surface area contributed by atoms with Crippen LogP contribution in [0.25, 0.3) is 0 Å². The Balaban J connectivity index is 2.04. The fraction of sp³-hybridized carbons (Fsp3) is 0.500. The van der Waals surface area contributed by atoms with Gasteiger partial charge >= 0.3 is 0 Å². The Hall–Kier alpha value is -1.59. The maximum absolute atomic E-state index is 11.9. The zero-order valence-electron chi connectivity index (χ0n) is 11.3. The standard InChI is InChI=1S/C14H20N2O3/c1-18-9-12(15)13(17)16-14(7-8-14)10-3-5-11(19-2)6-4-10/h3-6,12H,7-9,15H2,1-2H3,(H,16,17). The summed E-state index contributed by atoms with van der Waals surface area (Å²) < 4.78 is 10.0. The topological polar surface area (TPSA) is 73.6 Å². The predicted molar refractivity (Wildman–Crippen MR) is 71.9 cm³/mol. The number of hydrogen-bond acceptors (Lipinski definition) is 4. The van der Waals surface area contributed by atoms with Crippen molar-refractivity contribution >= 4 is 5.91 Å². The Kier molecular flexibility index (Phi) is 4.07. The number of carbonyl (C=O) groups is 1. The molecule has 1 atom stereocenters. The molecule has 0 bridgehead atoms. The smallest absolute Gasteiger partial charge is 0.239 e. The average molecular weight is 264 g/mol. The van der Waals surface area contributed by atoms with Crippen LogP contribution in [-0.4, -0.2) is 32.8 Å². The molecule has 0 aliphatic heterocycles. The number of benzene rings is 1. The van der Waals surface area contributed by atoms with Crippen molar-refractivity contribution in [2.24, 2.45) is 5.73 Å². The molecule has 1 amide bonds. The van der Waals surface area contributed by atoms with E-state index < -0.39 is 6.04 Å². The monoisotopic (exact) mass is 264 g/mol. The van der Waals surface area contributed by atoms with E-state index in [0.29, 0.717) is 0 Å². The van der Waals surface area contributed by atoms with Crippen molar-refractivity contribution in [2.75, 3.05) is 20.8 Å². The molecule has 1 aliphatic carbocycles. The minimum atomic E-state index is -0.624. The number of ether oxygens (including phenoxy) is 2. The fourth-order valence-corrected chi connectivity index (χ4v) is 2.10. The fourth-order valence-electron chi connectivity index (χ4n) is 2.10. The Bertz CT molecular complexity index is 441. The van der Waals surface area contributed by atoms with Gasteiger partial charge in [0.1, 0.15) is 11.8 Å². The first-order chi connectivity index (χ1) is 9.11. The van der Waals surface area contributed by atoms with Crippen LogP contribution in [0.1, 0.15) is 18.4 Å². The largest absolute Gasteiger partial charge is 0.497 e. The second-order valence-electron chi connectivity index (χ2n) is 4.86. The molecule has 0 saturated heterocycles. The van der Waals surface area contributed by atoms with Gasteiger partial charge in [-0.25, -0.2) is 0 Å². The maximum Gasteiger partial charge on any atom is 0.239 e. The number of carbonyl (C=O) groups excluding carboxylic acids is 1. The van der Waals surface area contributed by atoms with Crippen molar-refractivity contribution in [1.29, 1.82) is 0 Å². The predicted octanol–water partition coefficient (Wildman–Crippen LogP) is 0.774. The van der Waals surface area contributed by atoms with Crippen molar-refractivity contribution < 1.29 is 14.3 Å². The molecular weight excluding hydrogens is 244 g/mol. The summed E-state index contributed by atoms with van der Waals surface area (Å²) in [6, 6.07) is 7.13. The number of methoxy groups -OCH3 is 2. The molecule has 1 aliphatic rings. The molecule has 1 saturated carbocycles. The van der Waals surface area contributed by atoms with Crippen LogP contribution in [0, 0.1) is 0 Å². The van der Waals surface area contributed by atoms with Gasteiger partial charge in [-0.05, 0) is 30.5 Å². The first-order valence-corrected chi connectivity index (χ1v) is 6.32. The van der Waals surface area contributed by atoms with Gasteiger partial charge in [0.25, 0.3) is 0 Å². The summed E-state index contributed by atoms with van der Waals surface area (Å²) >= 11 is 0. The lowest BCUT2D eigenvalue weighted by Crippen LogP contribution is -2.47. The van der Waals surface area contributed by atoms with Crippen molar-refractivity contribution in [3.63, 3.8) is 0 Å². The lowest BCUT2D eigenvalue weighted by Gasteiger charge is -2.20. The van der Waals surface area contributed by atoms with Gasteiger partial charge in [-0.1, -0.05) is 12.1 Å². The van der Waals surface area contributed by atoms with Gasteiger partial charge < -0.3 is 20.5 Å². The highest BCUT2D eigenvalue weighted by atomic mass is 16.5. The van der Waals surface area contributed by atoms with Crippen LogP contribution in [-0.2, 0) is 15.1 Å². The van der Waals surface area contributed by atoms with Crippen molar-refractivity contribution in [1.82, 2.24) is 5.32 Å². The van der Waals surface area contributed by atoms with Crippen LogP contribution >= 0.6 is 0 Å². The van der Waals surface area contributed by atoms with E-state index in [4.69, 9.17) is 15.2 Å². The molecule has 0 aromatic heterocycles. The highest BCUT2D eigenvalue weighted by Crippen LogP contribution is 2.45. The molecule has 0 heterocycles. The van der Waals surface area contributed by atoms with Crippen LogP contribution in [0.4, 0.5) is 0 Å². The summed E-state index contributed by atoms with van der Waals surface area (Å²) in [7, 11) is 3.16. The third-order valence-electron chi connectivity index (χ3n) is 3.44. The number of nitrogens with two attached hydrogens (primary N) is 1. The molecule has 5 heteroatoms. The van der Waals surface area contributed by atoms with Crippen LogP contribution in [0.3, 0.4) is 0 Å². The van der Waals surface area contributed by atoms with Gasteiger partial charge in [-0.3, -0.25) is 4.79 Å². The highest BCUT2D eigenvalue weighted by molar-refractivity contribution is 5.83. The van der Waals surface area contributed by atoms with E-state index in [-0.39, 0.29) is 18.1 Å². The highest BCUT2D eigenvalue weighted by Gasteiger charge is 2.46. The van der Waals surface area contributed by atoms with Gasteiger partial charge in [0.2, 0.25) is 5.91 Å². The molecular formula is C14H20N2O3. The maximum atomic E-state index is 11.9. The third-order valence-corrected chi connectivity index (χ3v) is 3.44. The second kappa shape index (κ2) is 5.59. The molecule has 19 heavy (non-hydrogen) atoms. The van der Waals surface area contributed by atoms with E-state index in [1.807, 2.05) is 24.3 Å². The third kappa shape index (κ3) is 3.05. The summed E-state index contributed by atoms with van der Waals surface area (Å²) in [5, 5.41) is 3.02. The van der Waals surface area contributed by atoms with E-state index in [0.717, 1.165) is 24.2 Å². The molecule has 104 valence electrons. The zero-order chi connectivity index (χ0) is 13.9. The quantitative estimate of drug-likeness (QED) is 0.796. The van der Waals surface area contributed by atoms with Gasteiger partial charge in [-0.2, -0.15) is 0 Å². The first-order valence-electron chi connectivity index (χ1n) is 6.32.